The summed E-state index contributed by atoms with van der Waals surface area (Å²) in [6.45, 7) is -0.296. The maximum Gasteiger partial charge on any atom is 0.323 e. The zero-order valence-corrected chi connectivity index (χ0v) is 12.4. The Balaban J connectivity index is 2.28. The number of benzene rings is 2. The van der Waals surface area contributed by atoms with E-state index in [-0.39, 0.29) is 6.61 Å². The van der Waals surface area contributed by atoms with Crippen molar-refractivity contribution in [2.24, 2.45) is 0 Å². The van der Waals surface area contributed by atoms with Gasteiger partial charge in [0.15, 0.2) is 6.10 Å². The van der Waals surface area contributed by atoms with E-state index in [0.717, 1.165) is 11.1 Å². The van der Waals surface area contributed by atoms with Crippen molar-refractivity contribution in [2.75, 3.05) is 6.61 Å². The maximum absolute atomic E-state index is 11.9. The molecule has 2 aromatic rings. The van der Waals surface area contributed by atoms with Gasteiger partial charge >= 0.3 is 5.97 Å². The molecule has 2 aromatic carbocycles. The molecule has 0 aliphatic heterocycles. The van der Waals surface area contributed by atoms with E-state index in [4.69, 9.17) is 9.84 Å². The Hall–Kier alpha value is -1.65. The van der Waals surface area contributed by atoms with Crippen molar-refractivity contribution < 1.29 is 14.6 Å². The van der Waals surface area contributed by atoms with Crippen LogP contribution in [0.2, 0.25) is 0 Å². The first kappa shape index (κ1) is 14.8. The number of ether oxygens (including phenoxy) is 1. The second-order valence-electron chi connectivity index (χ2n) is 4.29. The molecule has 0 spiro atoms. The molecule has 1 N–H and O–H groups in total. The minimum absolute atomic E-state index is 0.296. The first-order chi connectivity index (χ1) is 9.72. The fourth-order valence-corrected chi connectivity index (χ4v) is 1.96. The number of aliphatic hydroxyl groups is 1. The van der Waals surface area contributed by atoms with Gasteiger partial charge in [0.05, 0.1) is 6.61 Å². The summed E-state index contributed by atoms with van der Waals surface area (Å²) in [5, 5.41) is 9.01. The Kier molecular flexibility index (Phi) is 5.32. The van der Waals surface area contributed by atoms with Crippen molar-refractivity contribution in [1.82, 2.24) is 0 Å². The van der Waals surface area contributed by atoms with Crippen LogP contribution in [0.1, 0.15) is 17.2 Å². The lowest BCUT2D eigenvalue weighted by Gasteiger charge is -2.20. The van der Waals surface area contributed by atoms with Gasteiger partial charge in [0.25, 0.3) is 0 Å². The van der Waals surface area contributed by atoms with Crippen molar-refractivity contribution >= 4 is 21.9 Å². The second kappa shape index (κ2) is 7.22. The molecule has 1 atom stereocenters. The summed E-state index contributed by atoms with van der Waals surface area (Å²) in [5.74, 6) is -0.481. The molecule has 0 saturated carbocycles. The van der Waals surface area contributed by atoms with Crippen molar-refractivity contribution in [1.29, 1.82) is 0 Å². The van der Waals surface area contributed by atoms with Gasteiger partial charge in [0.1, 0.15) is 4.83 Å². The highest BCUT2D eigenvalue weighted by Crippen LogP contribution is 2.26. The van der Waals surface area contributed by atoms with E-state index in [1.54, 1.807) is 0 Å². The molecule has 0 fully saturated rings. The first-order valence-electron chi connectivity index (χ1n) is 6.27. The molecule has 0 aromatic heterocycles. The zero-order chi connectivity index (χ0) is 14.4. The highest BCUT2D eigenvalue weighted by atomic mass is 79.9. The molecular formula is C16H15BrO3. The molecule has 0 bridgehead atoms. The van der Waals surface area contributed by atoms with Crippen molar-refractivity contribution in [2.45, 2.75) is 10.9 Å². The van der Waals surface area contributed by atoms with Crippen LogP contribution < -0.4 is 0 Å². The Labute approximate surface area is 126 Å². The second-order valence-corrected chi connectivity index (χ2v) is 5.39. The minimum atomic E-state index is -0.711. The van der Waals surface area contributed by atoms with E-state index in [1.165, 1.54) is 0 Å². The van der Waals surface area contributed by atoms with E-state index >= 15 is 0 Å². The summed E-state index contributed by atoms with van der Waals surface area (Å²) < 4.78 is 5.53. The summed E-state index contributed by atoms with van der Waals surface area (Å²) in [7, 11) is 0. The van der Waals surface area contributed by atoms with E-state index in [9.17, 15) is 4.79 Å². The number of hydrogen-bond acceptors (Lipinski definition) is 3. The van der Waals surface area contributed by atoms with Gasteiger partial charge in [-0.05, 0) is 11.1 Å². The fraction of sp³-hybridized carbons (Fsp3) is 0.188. The largest absolute Gasteiger partial charge is 0.452 e. The van der Waals surface area contributed by atoms with E-state index in [1.807, 2.05) is 60.7 Å². The van der Waals surface area contributed by atoms with Crippen LogP contribution in [0.25, 0.3) is 0 Å². The third-order valence-electron chi connectivity index (χ3n) is 2.85. The molecule has 0 aliphatic carbocycles. The van der Waals surface area contributed by atoms with Crippen LogP contribution >= 0.6 is 15.9 Å². The van der Waals surface area contributed by atoms with Crippen LogP contribution in [0, 0.1) is 0 Å². The van der Waals surface area contributed by atoms with Crippen LogP contribution in [0.4, 0.5) is 0 Å². The summed E-state index contributed by atoms with van der Waals surface area (Å²) in [4.78, 5) is 11.2. The summed E-state index contributed by atoms with van der Waals surface area (Å²) in [6, 6.07) is 19.1. The van der Waals surface area contributed by atoms with Gasteiger partial charge in [0, 0.05) is 0 Å². The summed E-state index contributed by atoms with van der Waals surface area (Å²) >= 11 is 3.09. The number of hydrogen-bond donors (Lipinski definition) is 1. The van der Waals surface area contributed by atoms with E-state index in [2.05, 4.69) is 15.9 Å². The smallest absolute Gasteiger partial charge is 0.323 e. The van der Waals surface area contributed by atoms with Crippen LogP contribution in [-0.4, -0.2) is 22.5 Å². The van der Waals surface area contributed by atoms with Gasteiger partial charge in [-0.3, -0.25) is 4.79 Å². The molecule has 0 radical (unpaired) electrons. The number of esters is 1. The lowest BCUT2D eigenvalue weighted by molar-refractivity contribution is -0.147. The van der Waals surface area contributed by atoms with E-state index in [0.29, 0.717) is 0 Å². The van der Waals surface area contributed by atoms with Crippen LogP contribution in [0.3, 0.4) is 0 Å². The third-order valence-corrected chi connectivity index (χ3v) is 3.52. The zero-order valence-electron chi connectivity index (χ0n) is 10.8. The SMILES string of the molecule is O=C(OC(c1ccccc1)c1ccccc1)[C@H](Br)CO. The molecule has 3 nitrogen and oxygen atoms in total. The molecule has 0 aliphatic rings. The van der Waals surface area contributed by atoms with Gasteiger partial charge in [-0.25, -0.2) is 0 Å². The molecular weight excluding hydrogens is 320 g/mol. The van der Waals surface area contributed by atoms with Gasteiger partial charge in [0.2, 0.25) is 0 Å². The van der Waals surface area contributed by atoms with Gasteiger partial charge in [-0.2, -0.15) is 0 Å². The lowest BCUT2D eigenvalue weighted by Crippen LogP contribution is -2.23. The third kappa shape index (κ3) is 3.68. The van der Waals surface area contributed by atoms with Gasteiger partial charge in [-0.15, -0.1) is 0 Å². The number of alkyl halides is 1. The Morgan fingerprint density at radius 1 is 1.00 bits per heavy atom. The number of rotatable bonds is 5. The Bertz CT molecular complexity index is 503. The Morgan fingerprint density at radius 2 is 1.45 bits per heavy atom. The quantitative estimate of drug-likeness (QED) is 0.675. The number of halogens is 1. The molecule has 0 amide bonds. The molecule has 0 saturated heterocycles. The highest BCUT2D eigenvalue weighted by molar-refractivity contribution is 9.10. The maximum atomic E-state index is 11.9. The molecule has 4 heteroatoms. The highest BCUT2D eigenvalue weighted by Gasteiger charge is 2.23. The average molecular weight is 335 g/mol. The first-order valence-corrected chi connectivity index (χ1v) is 7.19. The van der Waals surface area contributed by atoms with Gasteiger partial charge < -0.3 is 9.84 Å². The Morgan fingerprint density at radius 3 is 1.85 bits per heavy atom. The number of carbonyl (C=O) groups is 1. The minimum Gasteiger partial charge on any atom is -0.452 e. The van der Waals surface area contributed by atoms with Gasteiger partial charge in [-0.1, -0.05) is 76.6 Å². The number of carbonyl (C=O) groups excluding carboxylic acids is 1. The standard InChI is InChI=1S/C16H15BrO3/c17-14(11-18)16(19)20-15(12-7-3-1-4-8-12)13-9-5-2-6-10-13/h1-10,14-15,18H,11H2/t14-/m1/s1. The predicted molar refractivity (Wildman–Crippen MR) is 80.6 cm³/mol. The van der Waals surface area contributed by atoms with Crippen molar-refractivity contribution in [3.8, 4) is 0 Å². The monoisotopic (exact) mass is 334 g/mol. The topological polar surface area (TPSA) is 46.5 Å². The molecule has 0 unspecified atom stereocenters. The number of aliphatic hydroxyl groups excluding tert-OH is 1. The lowest BCUT2D eigenvalue weighted by atomic mass is 10.0. The van der Waals surface area contributed by atoms with Crippen molar-refractivity contribution in [3.05, 3.63) is 71.8 Å². The molecule has 20 heavy (non-hydrogen) atoms. The summed E-state index contributed by atoms with van der Waals surface area (Å²) in [5.41, 5.74) is 1.79. The van der Waals surface area contributed by atoms with E-state index < -0.39 is 16.9 Å². The fourth-order valence-electron chi connectivity index (χ4n) is 1.85. The predicted octanol–water partition coefficient (Wildman–Crippen LogP) is 3.08. The summed E-state index contributed by atoms with van der Waals surface area (Å²) in [6.07, 6.45) is -0.475. The molecule has 104 valence electrons. The molecule has 2 rings (SSSR count). The molecule has 0 heterocycles. The van der Waals surface area contributed by atoms with Crippen LogP contribution in [0.5, 0.6) is 0 Å². The normalized spacial score (nSPS) is 12.2. The average Bonchev–Trinajstić information content (AvgIpc) is 2.53. The van der Waals surface area contributed by atoms with Crippen LogP contribution in [-0.2, 0) is 9.53 Å². The van der Waals surface area contributed by atoms with Crippen molar-refractivity contribution in [3.63, 3.8) is 0 Å². The van der Waals surface area contributed by atoms with Crippen LogP contribution in [0.15, 0.2) is 60.7 Å².